The summed E-state index contributed by atoms with van der Waals surface area (Å²) in [5.74, 6) is -0.187. The first-order valence-corrected chi connectivity index (χ1v) is 6.38. The minimum absolute atomic E-state index is 0.129. The van der Waals surface area contributed by atoms with Crippen LogP contribution in [-0.4, -0.2) is 4.57 Å². The summed E-state index contributed by atoms with van der Waals surface area (Å²) in [7, 11) is 0. The Hall–Kier alpha value is -1.61. The Morgan fingerprint density at radius 2 is 2.17 bits per heavy atom. The average Bonchev–Trinajstić information content (AvgIpc) is 2.73. The van der Waals surface area contributed by atoms with Gasteiger partial charge in [-0.15, -0.1) is 0 Å². The summed E-state index contributed by atoms with van der Waals surface area (Å²) in [6.07, 6.45) is 5.17. The third kappa shape index (κ3) is 1.85. The van der Waals surface area contributed by atoms with Gasteiger partial charge < -0.3 is 10.3 Å². The van der Waals surface area contributed by atoms with E-state index in [1.54, 1.807) is 12.1 Å². The molecular weight excluding hydrogens is 227 g/mol. The molecule has 1 aliphatic rings. The van der Waals surface area contributed by atoms with Crippen LogP contribution in [0.3, 0.4) is 0 Å². The van der Waals surface area contributed by atoms with Crippen molar-refractivity contribution in [2.24, 2.45) is 5.73 Å². The third-order valence-corrected chi connectivity index (χ3v) is 3.66. The molecule has 2 aromatic rings. The normalized spacial score (nSPS) is 18.7. The number of nitrogens with two attached hydrogens (primary N) is 1. The van der Waals surface area contributed by atoms with E-state index in [2.05, 4.69) is 10.6 Å². The SMILES string of the molecule is Cc1cc(F)cc(-n2ccc3c2CCCC3N)c1. The van der Waals surface area contributed by atoms with E-state index >= 15 is 0 Å². The fourth-order valence-corrected chi connectivity index (χ4v) is 2.83. The maximum atomic E-state index is 13.5. The molecule has 1 aliphatic carbocycles. The standard InChI is InChI=1S/C15H17FN2/c1-10-7-11(16)9-12(8-10)18-6-5-13-14(17)3-2-4-15(13)18/h5-9,14H,2-4,17H2,1H3. The smallest absolute Gasteiger partial charge is 0.125 e. The van der Waals surface area contributed by atoms with E-state index in [9.17, 15) is 4.39 Å². The summed E-state index contributed by atoms with van der Waals surface area (Å²) in [6.45, 7) is 1.91. The maximum Gasteiger partial charge on any atom is 0.125 e. The summed E-state index contributed by atoms with van der Waals surface area (Å²) in [6, 6.07) is 7.33. The van der Waals surface area contributed by atoms with Gasteiger partial charge in [-0.1, -0.05) is 0 Å². The molecule has 1 aromatic heterocycles. The van der Waals surface area contributed by atoms with E-state index in [1.807, 2.05) is 19.2 Å². The number of halogens is 1. The number of benzene rings is 1. The van der Waals surface area contributed by atoms with Crippen LogP contribution < -0.4 is 5.73 Å². The molecule has 0 bridgehead atoms. The van der Waals surface area contributed by atoms with Gasteiger partial charge in [0.05, 0.1) is 0 Å². The second-order valence-corrected chi connectivity index (χ2v) is 5.07. The van der Waals surface area contributed by atoms with Gasteiger partial charge in [0.1, 0.15) is 5.82 Å². The van der Waals surface area contributed by atoms with Crippen molar-refractivity contribution in [1.29, 1.82) is 0 Å². The van der Waals surface area contributed by atoms with Crippen molar-refractivity contribution in [2.75, 3.05) is 0 Å². The Kier molecular flexibility index (Phi) is 2.71. The first-order valence-electron chi connectivity index (χ1n) is 6.38. The van der Waals surface area contributed by atoms with Gasteiger partial charge in [0.2, 0.25) is 0 Å². The molecule has 1 atom stereocenters. The van der Waals surface area contributed by atoms with E-state index in [1.165, 1.54) is 11.3 Å². The Morgan fingerprint density at radius 1 is 1.33 bits per heavy atom. The number of aromatic nitrogens is 1. The van der Waals surface area contributed by atoms with Gasteiger partial charge in [-0.25, -0.2) is 4.39 Å². The van der Waals surface area contributed by atoms with Crippen molar-refractivity contribution in [3.8, 4) is 5.69 Å². The second kappa shape index (κ2) is 4.25. The van der Waals surface area contributed by atoms with Crippen LogP contribution in [0.5, 0.6) is 0 Å². The number of hydrogen-bond acceptors (Lipinski definition) is 1. The molecule has 0 saturated heterocycles. The van der Waals surface area contributed by atoms with E-state index in [0.717, 1.165) is 30.5 Å². The van der Waals surface area contributed by atoms with Crippen LogP contribution in [0, 0.1) is 12.7 Å². The highest BCUT2D eigenvalue weighted by Crippen LogP contribution is 2.30. The van der Waals surface area contributed by atoms with E-state index in [-0.39, 0.29) is 11.9 Å². The molecule has 3 rings (SSSR count). The highest BCUT2D eigenvalue weighted by molar-refractivity contribution is 5.42. The molecule has 0 saturated carbocycles. The zero-order chi connectivity index (χ0) is 12.7. The van der Waals surface area contributed by atoms with Crippen LogP contribution in [0.4, 0.5) is 4.39 Å². The summed E-state index contributed by atoms with van der Waals surface area (Å²) in [5.41, 5.74) is 10.4. The lowest BCUT2D eigenvalue weighted by Gasteiger charge is -2.21. The molecule has 1 heterocycles. The first-order chi connectivity index (χ1) is 8.65. The van der Waals surface area contributed by atoms with Crippen LogP contribution in [0.2, 0.25) is 0 Å². The number of hydrogen-bond donors (Lipinski definition) is 1. The van der Waals surface area contributed by atoms with Crippen LogP contribution >= 0.6 is 0 Å². The lowest BCUT2D eigenvalue weighted by Crippen LogP contribution is -2.17. The number of nitrogens with zero attached hydrogens (tertiary/aromatic N) is 1. The van der Waals surface area contributed by atoms with E-state index in [0.29, 0.717) is 0 Å². The molecule has 94 valence electrons. The maximum absolute atomic E-state index is 13.5. The van der Waals surface area contributed by atoms with Crippen LogP contribution in [0.25, 0.3) is 5.69 Å². The van der Waals surface area contributed by atoms with Crippen LogP contribution in [0.1, 0.15) is 35.7 Å². The largest absolute Gasteiger partial charge is 0.324 e. The highest BCUT2D eigenvalue weighted by Gasteiger charge is 2.20. The molecule has 1 unspecified atom stereocenters. The van der Waals surface area contributed by atoms with Crippen molar-refractivity contribution in [3.05, 3.63) is 53.1 Å². The monoisotopic (exact) mass is 244 g/mol. The fraction of sp³-hybridized carbons (Fsp3) is 0.333. The summed E-state index contributed by atoms with van der Waals surface area (Å²) < 4.78 is 15.6. The van der Waals surface area contributed by atoms with Gasteiger partial charge >= 0.3 is 0 Å². The molecule has 3 heteroatoms. The van der Waals surface area contributed by atoms with Gasteiger partial charge in [-0.05, 0) is 61.6 Å². The number of fused-ring (bicyclic) bond motifs is 1. The summed E-state index contributed by atoms with van der Waals surface area (Å²) >= 11 is 0. The van der Waals surface area contributed by atoms with Gasteiger partial charge in [0, 0.05) is 23.6 Å². The predicted octanol–water partition coefficient (Wildman–Crippen LogP) is 3.26. The molecule has 2 N–H and O–H groups in total. The molecule has 0 fully saturated rings. The average molecular weight is 244 g/mol. The molecule has 2 nitrogen and oxygen atoms in total. The lowest BCUT2D eigenvalue weighted by molar-refractivity contribution is 0.559. The van der Waals surface area contributed by atoms with Gasteiger partial charge in [-0.2, -0.15) is 0 Å². The Bertz CT molecular complexity index is 566. The van der Waals surface area contributed by atoms with Crippen molar-refractivity contribution in [2.45, 2.75) is 32.2 Å². The van der Waals surface area contributed by atoms with Crippen LogP contribution in [0.15, 0.2) is 30.5 Å². The molecule has 0 amide bonds. The Morgan fingerprint density at radius 3 is 2.94 bits per heavy atom. The van der Waals surface area contributed by atoms with Crippen molar-refractivity contribution >= 4 is 0 Å². The van der Waals surface area contributed by atoms with E-state index < -0.39 is 0 Å². The van der Waals surface area contributed by atoms with Crippen molar-refractivity contribution in [3.63, 3.8) is 0 Å². The summed E-state index contributed by atoms with van der Waals surface area (Å²) in [5, 5.41) is 0. The quantitative estimate of drug-likeness (QED) is 0.820. The molecule has 1 aromatic carbocycles. The second-order valence-electron chi connectivity index (χ2n) is 5.07. The Balaban J connectivity index is 2.12. The zero-order valence-corrected chi connectivity index (χ0v) is 10.5. The van der Waals surface area contributed by atoms with Crippen molar-refractivity contribution in [1.82, 2.24) is 4.57 Å². The van der Waals surface area contributed by atoms with Gasteiger partial charge in [-0.3, -0.25) is 0 Å². The minimum atomic E-state index is -0.187. The fourth-order valence-electron chi connectivity index (χ4n) is 2.83. The van der Waals surface area contributed by atoms with Crippen molar-refractivity contribution < 1.29 is 4.39 Å². The van der Waals surface area contributed by atoms with Gasteiger partial charge in [0.25, 0.3) is 0 Å². The highest BCUT2D eigenvalue weighted by atomic mass is 19.1. The number of aryl methyl sites for hydroxylation is 1. The minimum Gasteiger partial charge on any atom is -0.324 e. The van der Waals surface area contributed by atoms with Gasteiger partial charge in [0.15, 0.2) is 0 Å². The molecule has 0 radical (unpaired) electrons. The predicted molar refractivity (Wildman–Crippen MR) is 70.3 cm³/mol. The summed E-state index contributed by atoms with van der Waals surface area (Å²) in [4.78, 5) is 0. The molecule has 0 aliphatic heterocycles. The molecule has 0 spiro atoms. The Labute approximate surface area is 106 Å². The van der Waals surface area contributed by atoms with E-state index in [4.69, 9.17) is 5.73 Å². The molecule has 18 heavy (non-hydrogen) atoms. The van der Waals surface area contributed by atoms with Crippen LogP contribution in [-0.2, 0) is 6.42 Å². The third-order valence-electron chi connectivity index (χ3n) is 3.66. The lowest BCUT2D eigenvalue weighted by atomic mass is 9.93. The zero-order valence-electron chi connectivity index (χ0n) is 10.5. The number of rotatable bonds is 1. The first kappa shape index (κ1) is 11.5. The topological polar surface area (TPSA) is 30.9 Å². The molecular formula is C15H17FN2.